The van der Waals surface area contributed by atoms with Gasteiger partial charge in [-0.05, 0) is 36.2 Å². The highest BCUT2D eigenvalue weighted by Crippen LogP contribution is 2.21. The molecule has 2 aromatic carbocycles. The van der Waals surface area contributed by atoms with E-state index in [1.807, 2.05) is 24.1 Å². The zero-order valence-corrected chi connectivity index (χ0v) is 11.1. The number of anilines is 1. The van der Waals surface area contributed by atoms with Gasteiger partial charge >= 0.3 is 0 Å². The molecule has 19 heavy (non-hydrogen) atoms. The van der Waals surface area contributed by atoms with Crippen LogP contribution in [0.1, 0.15) is 21.5 Å². The molecule has 0 spiro atoms. The molecule has 0 fully saturated rings. The van der Waals surface area contributed by atoms with Crippen molar-refractivity contribution >= 4 is 12.0 Å². The van der Waals surface area contributed by atoms with E-state index in [-0.39, 0.29) is 0 Å². The van der Waals surface area contributed by atoms with E-state index in [0.717, 1.165) is 5.69 Å². The highest BCUT2D eigenvalue weighted by atomic mass is 19.1. The third-order valence-corrected chi connectivity index (χ3v) is 3.20. The van der Waals surface area contributed by atoms with Crippen LogP contribution >= 0.6 is 0 Å². The molecule has 3 heteroatoms. The molecule has 0 bridgehead atoms. The van der Waals surface area contributed by atoms with E-state index < -0.39 is 5.82 Å². The number of nitrogens with zero attached hydrogens (tertiary/aromatic N) is 1. The first kappa shape index (κ1) is 13.3. The van der Waals surface area contributed by atoms with Crippen LogP contribution in [0.5, 0.6) is 0 Å². The molecule has 0 heterocycles. The highest BCUT2D eigenvalue weighted by molar-refractivity contribution is 5.84. The SMILES string of the molecule is Cc1ccccc1CN(C)c1ccc(F)cc1C=O. The molecule has 0 unspecified atom stereocenters. The lowest BCUT2D eigenvalue weighted by molar-refractivity contribution is 0.112. The van der Waals surface area contributed by atoms with Gasteiger partial charge in [-0.15, -0.1) is 0 Å². The summed E-state index contributed by atoms with van der Waals surface area (Å²) in [6.07, 6.45) is 0.687. The van der Waals surface area contributed by atoms with Gasteiger partial charge in [-0.3, -0.25) is 4.79 Å². The Kier molecular flexibility index (Phi) is 3.95. The van der Waals surface area contributed by atoms with Gasteiger partial charge in [0.15, 0.2) is 6.29 Å². The maximum atomic E-state index is 13.1. The minimum Gasteiger partial charge on any atom is -0.370 e. The van der Waals surface area contributed by atoms with Gasteiger partial charge in [-0.2, -0.15) is 0 Å². The molecule has 0 aliphatic rings. The first-order chi connectivity index (χ1) is 9.11. The minimum atomic E-state index is -0.393. The summed E-state index contributed by atoms with van der Waals surface area (Å²) in [6.45, 7) is 2.73. The molecule has 2 aromatic rings. The summed E-state index contributed by atoms with van der Waals surface area (Å²) in [5.41, 5.74) is 3.49. The molecule has 2 nitrogen and oxygen atoms in total. The lowest BCUT2D eigenvalue weighted by atomic mass is 10.1. The van der Waals surface area contributed by atoms with Crippen LogP contribution in [0.4, 0.5) is 10.1 Å². The second kappa shape index (κ2) is 5.65. The minimum absolute atomic E-state index is 0.371. The van der Waals surface area contributed by atoms with E-state index >= 15 is 0 Å². The predicted octanol–water partition coefficient (Wildman–Crippen LogP) is 3.58. The number of hydrogen-bond donors (Lipinski definition) is 0. The van der Waals surface area contributed by atoms with Crippen LogP contribution in [0.25, 0.3) is 0 Å². The summed E-state index contributed by atoms with van der Waals surface area (Å²) < 4.78 is 13.1. The average Bonchev–Trinajstić information content (AvgIpc) is 2.41. The van der Waals surface area contributed by atoms with Gasteiger partial charge in [0.25, 0.3) is 0 Å². The van der Waals surface area contributed by atoms with Gasteiger partial charge < -0.3 is 4.90 Å². The standard InChI is InChI=1S/C16H16FNO/c1-12-5-3-4-6-13(12)10-18(2)16-8-7-15(17)9-14(16)11-19/h3-9,11H,10H2,1-2H3. The molecule has 0 aliphatic heterocycles. The number of aldehydes is 1. The Hall–Kier alpha value is -2.16. The van der Waals surface area contributed by atoms with Crippen LogP contribution in [0, 0.1) is 12.7 Å². The van der Waals surface area contributed by atoms with Gasteiger partial charge in [0.1, 0.15) is 5.82 Å². The highest BCUT2D eigenvalue weighted by Gasteiger charge is 2.09. The molecular formula is C16H16FNO. The lowest BCUT2D eigenvalue weighted by Crippen LogP contribution is -2.18. The first-order valence-electron chi connectivity index (χ1n) is 6.12. The van der Waals surface area contributed by atoms with E-state index in [1.54, 1.807) is 6.07 Å². The normalized spacial score (nSPS) is 10.3. The van der Waals surface area contributed by atoms with Crippen molar-refractivity contribution in [1.29, 1.82) is 0 Å². The molecule has 0 saturated carbocycles. The summed E-state index contributed by atoms with van der Waals surface area (Å²) in [5, 5.41) is 0. The zero-order chi connectivity index (χ0) is 13.8. The molecule has 98 valence electrons. The molecule has 0 N–H and O–H groups in total. The molecule has 0 radical (unpaired) electrons. The topological polar surface area (TPSA) is 20.3 Å². The molecule has 0 aliphatic carbocycles. The van der Waals surface area contributed by atoms with Crippen molar-refractivity contribution in [2.45, 2.75) is 13.5 Å². The third-order valence-electron chi connectivity index (χ3n) is 3.20. The Morgan fingerprint density at radius 1 is 1.21 bits per heavy atom. The fraction of sp³-hybridized carbons (Fsp3) is 0.188. The first-order valence-corrected chi connectivity index (χ1v) is 6.12. The van der Waals surface area contributed by atoms with Crippen LogP contribution in [0.2, 0.25) is 0 Å². The van der Waals surface area contributed by atoms with Crippen LogP contribution in [0.3, 0.4) is 0 Å². The monoisotopic (exact) mass is 257 g/mol. The summed E-state index contributed by atoms with van der Waals surface area (Å²) in [7, 11) is 1.90. The molecule has 0 aromatic heterocycles. The van der Waals surface area contributed by atoms with Gasteiger partial charge in [0, 0.05) is 24.8 Å². The third kappa shape index (κ3) is 2.99. The van der Waals surface area contributed by atoms with E-state index in [4.69, 9.17) is 0 Å². The summed E-state index contributed by atoms with van der Waals surface area (Å²) in [6, 6.07) is 12.4. The maximum Gasteiger partial charge on any atom is 0.152 e. The molecular weight excluding hydrogens is 241 g/mol. The van der Waals surface area contributed by atoms with Crippen molar-refractivity contribution in [3.8, 4) is 0 Å². The van der Waals surface area contributed by atoms with E-state index in [0.29, 0.717) is 18.4 Å². The Bertz CT molecular complexity index is 595. The van der Waals surface area contributed by atoms with Crippen LogP contribution in [-0.4, -0.2) is 13.3 Å². The number of halogens is 1. The molecule has 0 atom stereocenters. The van der Waals surface area contributed by atoms with Crippen molar-refractivity contribution in [1.82, 2.24) is 0 Å². The van der Waals surface area contributed by atoms with Crippen LogP contribution in [0.15, 0.2) is 42.5 Å². The Balaban J connectivity index is 2.28. The zero-order valence-electron chi connectivity index (χ0n) is 11.1. The number of rotatable bonds is 4. The van der Waals surface area contributed by atoms with Gasteiger partial charge in [0.05, 0.1) is 0 Å². The van der Waals surface area contributed by atoms with E-state index in [1.165, 1.54) is 23.3 Å². The largest absolute Gasteiger partial charge is 0.370 e. The second-order valence-electron chi connectivity index (χ2n) is 4.60. The fourth-order valence-corrected chi connectivity index (χ4v) is 2.10. The van der Waals surface area contributed by atoms with Gasteiger partial charge in [0.2, 0.25) is 0 Å². The van der Waals surface area contributed by atoms with Crippen LogP contribution < -0.4 is 4.90 Å². The van der Waals surface area contributed by atoms with Crippen molar-refractivity contribution in [2.24, 2.45) is 0 Å². The van der Waals surface area contributed by atoms with Gasteiger partial charge in [-0.1, -0.05) is 24.3 Å². The second-order valence-corrected chi connectivity index (χ2v) is 4.60. The quantitative estimate of drug-likeness (QED) is 0.780. The molecule has 0 amide bonds. The van der Waals surface area contributed by atoms with E-state index in [9.17, 15) is 9.18 Å². The summed E-state index contributed by atoms with van der Waals surface area (Å²) in [4.78, 5) is 13.0. The van der Waals surface area contributed by atoms with Crippen molar-refractivity contribution in [3.63, 3.8) is 0 Å². The van der Waals surface area contributed by atoms with Crippen molar-refractivity contribution < 1.29 is 9.18 Å². The predicted molar refractivity (Wildman–Crippen MR) is 75.1 cm³/mol. The number of hydrogen-bond acceptors (Lipinski definition) is 2. The smallest absolute Gasteiger partial charge is 0.152 e. The summed E-state index contributed by atoms with van der Waals surface area (Å²) in [5.74, 6) is -0.393. The average molecular weight is 257 g/mol. The fourth-order valence-electron chi connectivity index (χ4n) is 2.10. The van der Waals surface area contributed by atoms with Gasteiger partial charge in [-0.25, -0.2) is 4.39 Å². The molecule has 0 saturated heterocycles. The number of benzene rings is 2. The number of carbonyl (C=O) groups is 1. The van der Waals surface area contributed by atoms with Crippen LogP contribution in [-0.2, 0) is 6.54 Å². The van der Waals surface area contributed by atoms with Crippen molar-refractivity contribution in [3.05, 3.63) is 65.0 Å². The Morgan fingerprint density at radius 3 is 2.63 bits per heavy atom. The molecule has 2 rings (SSSR count). The van der Waals surface area contributed by atoms with E-state index in [2.05, 4.69) is 19.1 Å². The maximum absolute atomic E-state index is 13.1. The van der Waals surface area contributed by atoms with Crippen molar-refractivity contribution in [2.75, 3.05) is 11.9 Å². The number of carbonyl (C=O) groups excluding carboxylic acids is 1. The Morgan fingerprint density at radius 2 is 1.95 bits per heavy atom. The Labute approximate surface area is 112 Å². The number of aryl methyl sites for hydroxylation is 1. The lowest BCUT2D eigenvalue weighted by Gasteiger charge is -2.22. The summed E-state index contributed by atoms with van der Waals surface area (Å²) >= 11 is 0.